The van der Waals surface area contributed by atoms with Crippen molar-refractivity contribution in [1.82, 2.24) is 20.4 Å². The minimum Gasteiger partial charge on any atom is -0.343 e. The smallest absolute Gasteiger partial charge is 0.317 e. The zero-order valence-corrected chi connectivity index (χ0v) is 16.0. The molecule has 7 nitrogen and oxygen atoms in total. The van der Waals surface area contributed by atoms with Crippen molar-refractivity contribution in [2.75, 3.05) is 39.3 Å². The van der Waals surface area contributed by atoms with Gasteiger partial charge in [-0.25, -0.2) is 4.79 Å². The van der Waals surface area contributed by atoms with Gasteiger partial charge in [0.25, 0.3) is 0 Å². The minimum absolute atomic E-state index is 0.0320. The Balaban J connectivity index is 1.60. The molecule has 0 radical (unpaired) electrons. The second kappa shape index (κ2) is 11.2. The highest BCUT2D eigenvalue weighted by molar-refractivity contribution is 5.76. The van der Waals surface area contributed by atoms with Gasteiger partial charge >= 0.3 is 6.03 Å². The van der Waals surface area contributed by atoms with Crippen LogP contribution in [0.3, 0.4) is 0 Å². The van der Waals surface area contributed by atoms with Crippen LogP contribution in [0.4, 0.5) is 4.79 Å². The van der Waals surface area contributed by atoms with Crippen LogP contribution in [0, 0.1) is 17.2 Å². The van der Waals surface area contributed by atoms with Gasteiger partial charge in [-0.3, -0.25) is 9.69 Å². The molecule has 1 saturated heterocycles. The minimum atomic E-state index is -0.120. The summed E-state index contributed by atoms with van der Waals surface area (Å²) in [6, 6.07) is 12.2. The van der Waals surface area contributed by atoms with Crippen LogP contribution in [-0.2, 0) is 11.3 Å². The average molecular weight is 371 g/mol. The van der Waals surface area contributed by atoms with E-state index in [0.717, 1.165) is 39.1 Å². The van der Waals surface area contributed by atoms with Crippen LogP contribution in [0.25, 0.3) is 0 Å². The Morgan fingerprint density at radius 2 is 1.85 bits per heavy atom. The number of piperazine rings is 1. The zero-order chi connectivity index (χ0) is 19.5. The van der Waals surface area contributed by atoms with Crippen LogP contribution >= 0.6 is 0 Å². The topological polar surface area (TPSA) is 88.5 Å². The van der Waals surface area contributed by atoms with Crippen LogP contribution in [0.15, 0.2) is 30.3 Å². The third-order valence-electron chi connectivity index (χ3n) is 4.72. The van der Waals surface area contributed by atoms with Gasteiger partial charge in [-0.05, 0) is 17.9 Å². The number of urea groups is 1. The highest BCUT2D eigenvalue weighted by Gasteiger charge is 2.21. The van der Waals surface area contributed by atoms with Crippen LogP contribution in [0.5, 0.6) is 0 Å². The molecule has 0 aromatic heterocycles. The predicted octanol–water partition coefficient (Wildman–Crippen LogP) is 1.57. The van der Waals surface area contributed by atoms with Crippen LogP contribution in [0.2, 0.25) is 0 Å². The molecule has 1 unspecified atom stereocenters. The van der Waals surface area contributed by atoms with Crippen molar-refractivity contribution in [2.45, 2.75) is 26.3 Å². The molecule has 0 bridgehead atoms. The monoisotopic (exact) mass is 371 g/mol. The highest BCUT2D eigenvalue weighted by Crippen LogP contribution is 2.09. The van der Waals surface area contributed by atoms with E-state index in [0.29, 0.717) is 13.0 Å². The number of hydrogen-bond acceptors (Lipinski definition) is 4. The van der Waals surface area contributed by atoms with E-state index in [1.165, 1.54) is 5.56 Å². The Labute approximate surface area is 161 Å². The average Bonchev–Trinajstić information content (AvgIpc) is 2.67. The first-order valence-electron chi connectivity index (χ1n) is 9.51. The van der Waals surface area contributed by atoms with Gasteiger partial charge in [0.2, 0.25) is 5.91 Å². The van der Waals surface area contributed by atoms with Crippen molar-refractivity contribution in [3.8, 4) is 6.07 Å². The fourth-order valence-corrected chi connectivity index (χ4v) is 3.12. The summed E-state index contributed by atoms with van der Waals surface area (Å²) < 4.78 is 0. The van der Waals surface area contributed by atoms with E-state index < -0.39 is 0 Å². The van der Waals surface area contributed by atoms with E-state index >= 15 is 0 Å². The van der Waals surface area contributed by atoms with Gasteiger partial charge < -0.3 is 15.5 Å². The summed E-state index contributed by atoms with van der Waals surface area (Å²) >= 11 is 0. The Kier molecular flexibility index (Phi) is 8.59. The molecule has 1 aliphatic rings. The van der Waals surface area contributed by atoms with Crippen molar-refractivity contribution >= 4 is 11.9 Å². The summed E-state index contributed by atoms with van der Waals surface area (Å²) in [6.07, 6.45) is 1.11. The number of hydrogen-bond donors (Lipinski definition) is 2. The number of amides is 3. The summed E-state index contributed by atoms with van der Waals surface area (Å²) in [6.45, 7) is 6.68. The lowest BCUT2D eigenvalue weighted by Crippen LogP contribution is -2.51. The predicted molar refractivity (Wildman–Crippen MR) is 104 cm³/mol. The molecule has 27 heavy (non-hydrogen) atoms. The summed E-state index contributed by atoms with van der Waals surface area (Å²) in [4.78, 5) is 28.1. The molecular formula is C20H29N5O2. The molecule has 1 fully saturated rings. The van der Waals surface area contributed by atoms with Crippen molar-refractivity contribution in [3.05, 3.63) is 35.9 Å². The Morgan fingerprint density at radius 3 is 2.52 bits per heavy atom. The lowest BCUT2D eigenvalue weighted by atomic mass is 10.0. The van der Waals surface area contributed by atoms with Gasteiger partial charge in [-0.15, -0.1) is 0 Å². The lowest BCUT2D eigenvalue weighted by Gasteiger charge is -2.34. The molecule has 0 aliphatic carbocycles. The van der Waals surface area contributed by atoms with E-state index in [-0.39, 0.29) is 24.4 Å². The molecule has 3 amide bonds. The second-order valence-electron chi connectivity index (χ2n) is 7.01. The first kappa shape index (κ1) is 20.7. The zero-order valence-electron chi connectivity index (χ0n) is 16.0. The third kappa shape index (κ3) is 7.67. The number of nitrogens with one attached hydrogen (secondary N) is 2. The summed E-state index contributed by atoms with van der Waals surface area (Å²) in [5.41, 5.74) is 1.29. The van der Waals surface area contributed by atoms with Crippen molar-refractivity contribution < 1.29 is 9.59 Å². The van der Waals surface area contributed by atoms with Crippen molar-refractivity contribution in [1.29, 1.82) is 5.26 Å². The van der Waals surface area contributed by atoms with E-state index in [1.807, 2.05) is 36.1 Å². The SMILES string of the molecule is CC(CCNC(=O)N1CCN(Cc2ccccc2)CC1)CC(=O)NCC#N. The van der Waals surface area contributed by atoms with Crippen molar-refractivity contribution in [2.24, 2.45) is 5.92 Å². The van der Waals surface area contributed by atoms with E-state index in [1.54, 1.807) is 0 Å². The molecule has 1 aromatic rings. The molecule has 1 heterocycles. The highest BCUT2D eigenvalue weighted by atomic mass is 16.2. The standard InChI is InChI=1S/C20H29N5O2/c1-17(15-19(26)22-10-8-21)7-9-23-20(27)25-13-11-24(12-14-25)16-18-5-3-2-4-6-18/h2-6,17H,7,9-16H2,1H3,(H,22,26)(H,23,27). The number of carbonyl (C=O) groups is 2. The van der Waals surface area contributed by atoms with Gasteiger partial charge in [0.05, 0.1) is 6.07 Å². The third-order valence-corrected chi connectivity index (χ3v) is 4.72. The van der Waals surface area contributed by atoms with Crippen LogP contribution < -0.4 is 10.6 Å². The molecule has 0 spiro atoms. The van der Waals surface area contributed by atoms with Gasteiger partial charge in [0.15, 0.2) is 0 Å². The first-order chi connectivity index (χ1) is 13.1. The molecule has 1 aliphatic heterocycles. The van der Waals surface area contributed by atoms with Gasteiger partial charge in [-0.2, -0.15) is 5.26 Å². The summed E-state index contributed by atoms with van der Waals surface area (Å²) in [5.74, 6) is 0.0385. The molecule has 1 aromatic carbocycles. The van der Waals surface area contributed by atoms with E-state index in [9.17, 15) is 9.59 Å². The van der Waals surface area contributed by atoms with E-state index in [4.69, 9.17) is 5.26 Å². The lowest BCUT2D eigenvalue weighted by molar-refractivity contribution is -0.121. The number of nitrogens with zero attached hydrogens (tertiary/aromatic N) is 3. The fraction of sp³-hybridized carbons (Fsp3) is 0.550. The maximum atomic E-state index is 12.3. The molecule has 7 heteroatoms. The first-order valence-corrected chi connectivity index (χ1v) is 9.51. The van der Waals surface area contributed by atoms with Crippen LogP contribution in [-0.4, -0.2) is 61.0 Å². The summed E-state index contributed by atoms with van der Waals surface area (Å²) in [5, 5.41) is 13.9. The van der Waals surface area contributed by atoms with Gasteiger partial charge in [0, 0.05) is 45.7 Å². The molecule has 2 rings (SSSR count). The summed E-state index contributed by atoms with van der Waals surface area (Å²) in [7, 11) is 0. The second-order valence-corrected chi connectivity index (χ2v) is 7.01. The molecule has 0 saturated carbocycles. The molecule has 1 atom stereocenters. The van der Waals surface area contributed by atoms with Crippen LogP contribution in [0.1, 0.15) is 25.3 Å². The largest absolute Gasteiger partial charge is 0.343 e. The normalized spacial score (nSPS) is 15.6. The Hall–Kier alpha value is -2.59. The van der Waals surface area contributed by atoms with Gasteiger partial charge in [-0.1, -0.05) is 37.3 Å². The maximum Gasteiger partial charge on any atom is 0.317 e. The quantitative estimate of drug-likeness (QED) is 0.679. The fourth-order valence-electron chi connectivity index (χ4n) is 3.12. The Morgan fingerprint density at radius 1 is 1.15 bits per heavy atom. The number of rotatable bonds is 8. The number of carbonyl (C=O) groups excluding carboxylic acids is 2. The molecule has 2 N–H and O–H groups in total. The number of nitriles is 1. The van der Waals surface area contributed by atoms with E-state index in [2.05, 4.69) is 27.7 Å². The maximum absolute atomic E-state index is 12.3. The van der Waals surface area contributed by atoms with Crippen molar-refractivity contribution in [3.63, 3.8) is 0 Å². The Bertz CT molecular complexity index is 636. The number of benzene rings is 1. The molecular weight excluding hydrogens is 342 g/mol. The van der Waals surface area contributed by atoms with Gasteiger partial charge in [0.1, 0.15) is 6.54 Å². The molecule has 146 valence electrons.